The van der Waals surface area contributed by atoms with Gasteiger partial charge in [-0.15, -0.1) is 0 Å². The Kier molecular flexibility index (Phi) is 5.78. The second-order valence-electron chi connectivity index (χ2n) is 5.93. The zero-order chi connectivity index (χ0) is 15.3. The number of nitrogens with zero attached hydrogens (tertiary/aromatic N) is 3. The van der Waals surface area contributed by atoms with Crippen molar-refractivity contribution in [3.05, 3.63) is 18.5 Å². The standard InChI is InChI=1S/C14H26N4O2S/c1-3-6-13-11-17(12-14(13)16-21(2,19)20)8-5-10-18-9-4-7-15-18/h4,7,9,13-14,16H,3,5-6,8,10-12H2,1-2H3/t13-,14-/m0/s1. The van der Waals surface area contributed by atoms with E-state index in [2.05, 4.69) is 21.6 Å². The van der Waals surface area contributed by atoms with E-state index in [1.54, 1.807) is 6.20 Å². The van der Waals surface area contributed by atoms with Crippen LogP contribution in [0.4, 0.5) is 0 Å². The zero-order valence-electron chi connectivity index (χ0n) is 12.9. The first-order valence-corrected chi connectivity index (χ1v) is 9.54. The van der Waals surface area contributed by atoms with Crippen molar-refractivity contribution in [3.8, 4) is 0 Å². The molecule has 2 rings (SSSR count). The number of sulfonamides is 1. The van der Waals surface area contributed by atoms with Crippen LogP contribution in [0.25, 0.3) is 0 Å². The Hall–Kier alpha value is -0.920. The molecule has 0 amide bonds. The Morgan fingerprint density at radius 2 is 2.14 bits per heavy atom. The molecule has 0 saturated carbocycles. The highest BCUT2D eigenvalue weighted by Gasteiger charge is 2.33. The minimum Gasteiger partial charge on any atom is -0.301 e. The van der Waals surface area contributed by atoms with E-state index < -0.39 is 10.0 Å². The highest BCUT2D eigenvalue weighted by atomic mass is 32.2. The highest BCUT2D eigenvalue weighted by Crippen LogP contribution is 2.22. The van der Waals surface area contributed by atoms with Crippen LogP contribution in [-0.4, -0.2) is 55.0 Å². The number of aryl methyl sites for hydroxylation is 1. The first-order chi connectivity index (χ1) is 9.98. The summed E-state index contributed by atoms with van der Waals surface area (Å²) in [6.07, 6.45) is 8.20. The highest BCUT2D eigenvalue weighted by molar-refractivity contribution is 7.88. The molecule has 1 aromatic heterocycles. The lowest BCUT2D eigenvalue weighted by atomic mass is 9.99. The Balaban J connectivity index is 1.81. The molecular formula is C14H26N4O2S. The lowest BCUT2D eigenvalue weighted by Crippen LogP contribution is -2.40. The maximum atomic E-state index is 11.5. The van der Waals surface area contributed by atoms with Gasteiger partial charge in [0.1, 0.15) is 0 Å². The predicted octanol–water partition coefficient (Wildman–Crippen LogP) is 0.923. The van der Waals surface area contributed by atoms with Crippen molar-refractivity contribution in [2.24, 2.45) is 5.92 Å². The van der Waals surface area contributed by atoms with E-state index in [4.69, 9.17) is 0 Å². The van der Waals surface area contributed by atoms with E-state index in [9.17, 15) is 8.42 Å². The average molecular weight is 314 g/mol. The van der Waals surface area contributed by atoms with Crippen molar-refractivity contribution in [1.82, 2.24) is 19.4 Å². The van der Waals surface area contributed by atoms with Gasteiger partial charge in [0, 0.05) is 38.1 Å². The number of rotatable bonds is 8. The van der Waals surface area contributed by atoms with Gasteiger partial charge >= 0.3 is 0 Å². The monoisotopic (exact) mass is 314 g/mol. The van der Waals surface area contributed by atoms with Crippen molar-refractivity contribution >= 4 is 10.0 Å². The second kappa shape index (κ2) is 7.38. The van der Waals surface area contributed by atoms with Gasteiger partial charge in [0.2, 0.25) is 10.0 Å². The Labute approximate surface area is 127 Å². The number of aromatic nitrogens is 2. The minimum atomic E-state index is -3.13. The van der Waals surface area contributed by atoms with Gasteiger partial charge in [-0.05, 0) is 31.4 Å². The van der Waals surface area contributed by atoms with Crippen molar-refractivity contribution in [1.29, 1.82) is 0 Å². The predicted molar refractivity (Wildman–Crippen MR) is 83.4 cm³/mol. The molecule has 21 heavy (non-hydrogen) atoms. The molecule has 1 aromatic rings. The summed E-state index contributed by atoms with van der Waals surface area (Å²) in [6, 6.07) is 1.99. The molecule has 2 atom stereocenters. The van der Waals surface area contributed by atoms with E-state index in [1.165, 1.54) is 6.26 Å². The summed E-state index contributed by atoms with van der Waals surface area (Å²) in [4.78, 5) is 2.37. The van der Waals surface area contributed by atoms with E-state index >= 15 is 0 Å². The van der Waals surface area contributed by atoms with Crippen LogP contribution in [0.3, 0.4) is 0 Å². The third-order valence-electron chi connectivity index (χ3n) is 3.96. The van der Waals surface area contributed by atoms with Gasteiger partial charge in [-0.3, -0.25) is 4.68 Å². The molecule has 1 N–H and O–H groups in total. The minimum absolute atomic E-state index is 0.0599. The molecule has 1 fully saturated rings. The fourth-order valence-corrected chi connectivity index (χ4v) is 3.92. The average Bonchev–Trinajstić information content (AvgIpc) is 2.99. The van der Waals surface area contributed by atoms with Crippen LogP contribution in [0, 0.1) is 5.92 Å². The van der Waals surface area contributed by atoms with Gasteiger partial charge in [0.15, 0.2) is 0 Å². The summed E-state index contributed by atoms with van der Waals surface area (Å²) in [5, 5.41) is 4.19. The molecule has 1 aliphatic heterocycles. The van der Waals surface area contributed by atoms with Crippen LogP contribution < -0.4 is 4.72 Å². The van der Waals surface area contributed by atoms with Gasteiger partial charge in [0.05, 0.1) is 6.26 Å². The molecule has 0 unspecified atom stereocenters. The smallest absolute Gasteiger partial charge is 0.209 e. The molecule has 0 radical (unpaired) electrons. The van der Waals surface area contributed by atoms with Crippen LogP contribution in [0.2, 0.25) is 0 Å². The normalized spacial score (nSPS) is 23.7. The number of likely N-dealkylation sites (tertiary alicyclic amines) is 1. The van der Waals surface area contributed by atoms with E-state index in [0.717, 1.165) is 45.4 Å². The zero-order valence-corrected chi connectivity index (χ0v) is 13.7. The number of hydrogen-bond donors (Lipinski definition) is 1. The van der Waals surface area contributed by atoms with Gasteiger partial charge in [-0.2, -0.15) is 5.10 Å². The molecule has 0 aliphatic carbocycles. The molecule has 7 heteroatoms. The third-order valence-corrected chi connectivity index (χ3v) is 4.69. The van der Waals surface area contributed by atoms with E-state index in [0.29, 0.717) is 5.92 Å². The summed E-state index contributed by atoms with van der Waals surface area (Å²) < 4.78 is 27.7. The van der Waals surface area contributed by atoms with E-state index in [1.807, 2.05) is 16.9 Å². The summed E-state index contributed by atoms with van der Waals surface area (Å²) >= 11 is 0. The summed E-state index contributed by atoms with van der Waals surface area (Å²) in [7, 11) is -3.13. The fraction of sp³-hybridized carbons (Fsp3) is 0.786. The largest absolute Gasteiger partial charge is 0.301 e. The van der Waals surface area contributed by atoms with Crippen molar-refractivity contribution in [3.63, 3.8) is 0 Å². The molecular weight excluding hydrogens is 288 g/mol. The molecule has 0 aromatic carbocycles. The van der Waals surface area contributed by atoms with Crippen LogP contribution in [0.5, 0.6) is 0 Å². The molecule has 0 spiro atoms. The van der Waals surface area contributed by atoms with Gasteiger partial charge in [-0.25, -0.2) is 13.1 Å². The van der Waals surface area contributed by atoms with Crippen molar-refractivity contribution in [2.75, 3.05) is 25.9 Å². The van der Waals surface area contributed by atoms with Crippen molar-refractivity contribution < 1.29 is 8.42 Å². The topological polar surface area (TPSA) is 67.2 Å². The third kappa shape index (κ3) is 5.41. The molecule has 120 valence electrons. The lowest BCUT2D eigenvalue weighted by molar-refractivity contribution is 0.306. The SMILES string of the molecule is CCC[C@H]1CN(CCCn2cccn2)C[C@@H]1NS(C)(=O)=O. The quantitative estimate of drug-likeness (QED) is 0.775. The van der Waals surface area contributed by atoms with Crippen LogP contribution >= 0.6 is 0 Å². The first-order valence-electron chi connectivity index (χ1n) is 7.65. The molecule has 0 bridgehead atoms. The van der Waals surface area contributed by atoms with Crippen LogP contribution in [0.15, 0.2) is 18.5 Å². The maximum absolute atomic E-state index is 11.5. The van der Waals surface area contributed by atoms with E-state index in [-0.39, 0.29) is 6.04 Å². The van der Waals surface area contributed by atoms with Crippen molar-refractivity contribution in [2.45, 2.75) is 38.8 Å². The fourth-order valence-electron chi connectivity index (χ4n) is 3.10. The molecule has 1 saturated heterocycles. The Morgan fingerprint density at radius 3 is 2.76 bits per heavy atom. The number of hydrogen-bond acceptors (Lipinski definition) is 4. The first kappa shape index (κ1) is 16.5. The van der Waals surface area contributed by atoms with Gasteiger partial charge in [-0.1, -0.05) is 13.3 Å². The Morgan fingerprint density at radius 1 is 1.33 bits per heavy atom. The molecule has 1 aliphatic rings. The summed E-state index contributed by atoms with van der Waals surface area (Å²) in [5.41, 5.74) is 0. The van der Waals surface area contributed by atoms with Crippen LogP contribution in [0.1, 0.15) is 26.2 Å². The number of nitrogens with one attached hydrogen (secondary N) is 1. The summed E-state index contributed by atoms with van der Waals surface area (Å²) in [6.45, 7) is 5.85. The Bertz CT molecular complexity index is 515. The van der Waals surface area contributed by atoms with Gasteiger partial charge < -0.3 is 4.90 Å². The summed E-state index contributed by atoms with van der Waals surface area (Å²) in [5.74, 6) is 0.425. The van der Waals surface area contributed by atoms with Gasteiger partial charge in [0.25, 0.3) is 0 Å². The lowest BCUT2D eigenvalue weighted by Gasteiger charge is -2.17. The maximum Gasteiger partial charge on any atom is 0.209 e. The molecule has 2 heterocycles. The second-order valence-corrected chi connectivity index (χ2v) is 7.71. The van der Waals surface area contributed by atoms with Crippen LogP contribution in [-0.2, 0) is 16.6 Å². The molecule has 6 nitrogen and oxygen atoms in total.